The lowest BCUT2D eigenvalue weighted by atomic mass is 10.1. The van der Waals surface area contributed by atoms with Gasteiger partial charge in [0.05, 0.1) is 28.8 Å². The molecule has 8 nitrogen and oxygen atoms in total. The minimum absolute atomic E-state index is 0.0501. The van der Waals surface area contributed by atoms with Gasteiger partial charge in [-0.05, 0) is 36.4 Å². The van der Waals surface area contributed by atoms with E-state index in [1.165, 1.54) is 6.20 Å². The minimum Gasteiger partial charge on any atom is -0.366 e. The van der Waals surface area contributed by atoms with Crippen molar-refractivity contribution in [2.75, 3.05) is 16.0 Å². The summed E-state index contributed by atoms with van der Waals surface area (Å²) in [7, 11) is 0. The molecule has 0 radical (unpaired) electrons. The first-order valence-corrected chi connectivity index (χ1v) is 9.56. The summed E-state index contributed by atoms with van der Waals surface area (Å²) in [4.78, 5) is 31.1. The number of para-hydroxylation sites is 2. The number of anilines is 5. The third-order valence-electron chi connectivity index (χ3n) is 4.22. The van der Waals surface area contributed by atoms with E-state index in [1.54, 1.807) is 24.3 Å². The lowest BCUT2D eigenvalue weighted by Crippen LogP contribution is -2.15. The van der Waals surface area contributed by atoms with Crippen molar-refractivity contribution in [1.29, 1.82) is 0 Å². The van der Waals surface area contributed by atoms with E-state index in [0.29, 0.717) is 11.4 Å². The highest BCUT2D eigenvalue weighted by Crippen LogP contribution is 2.37. The van der Waals surface area contributed by atoms with Crippen LogP contribution in [0.15, 0.2) is 61.3 Å². The van der Waals surface area contributed by atoms with E-state index in [4.69, 9.17) is 17.3 Å². The zero-order valence-corrected chi connectivity index (χ0v) is 17.5. The molecule has 0 unspecified atom stereocenters. The topological polar surface area (TPSA) is 122 Å². The molecule has 2 aromatic carbocycles. The van der Waals surface area contributed by atoms with E-state index in [-0.39, 0.29) is 22.4 Å². The minimum atomic E-state index is -4.71. The van der Waals surface area contributed by atoms with Gasteiger partial charge in [0.15, 0.2) is 5.82 Å². The smallest absolute Gasteiger partial charge is 0.366 e. The number of primary amides is 1. The second-order valence-electron chi connectivity index (χ2n) is 6.50. The fourth-order valence-corrected chi connectivity index (χ4v) is 2.83. The Morgan fingerprint density at radius 2 is 1.76 bits per heavy atom. The van der Waals surface area contributed by atoms with Crippen molar-refractivity contribution in [2.24, 2.45) is 5.73 Å². The molecule has 1 aromatic heterocycles. The number of carbonyl (C=O) groups excluding carboxylic acids is 2. The molecule has 0 fully saturated rings. The molecule has 0 atom stereocenters. The average Bonchev–Trinajstić information content (AvgIpc) is 2.76. The number of carbonyl (C=O) groups is 2. The van der Waals surface area contributed by atoms with E-state index in [0.717, 1.165) is 24.3 Å². The van der Waals surface area contributed by atoms with Gasteiger partial charge in [-0.25, -0.2) is 4.98 Å². The fourth-order valence-electron chi connectivity index (χ4n) is 2.70. The van der Waals surface area contributed by atoms with Gasteiger partial charge in [0.2, 0.25) is 17.8 Å². The maximum Gasteiger partial charge on any atom is 0.418 e. The van der Waals surface area contributed by atoms with Gasteiger partial charge in [0.25, 0.3) is 0 Å². The van der Waals surface area contributed by atoms with Gasteiger partial charge in [0.1, 0.15) is 5.02 Å². The molecule has 0 aliphatic rings. The Morgan fingerprint density at radius 1 is 1.06 bits per heavy atom. The van der Waals surface area contributed by atoms with Crippen molar-refractivity contribution in [3.05, 3.63) is 77.5 Å². The van der Waals surface area contributed by atoms with Crippen molar-refractivity contribution < 1.29 is 22.8 Å². The third kappa shape index (κ3) is 5.77. The lowest BCUT2D eigenvalue weighted by molar-refractivity contribution is -0.137. The van der Waals surface area contributed by atoms with Crippen LogP contribution in [0.25, 0.3) is 0 Å². The summed E-state index contributed by atoms with van der Waals surface area (Å²) in [5.41, 5.74) is 4.33. The second-order valence-corrected chi connectivity index (χ2v) is 6.91. The summed E-state index contributed by atoms with van der Waals surface area (Å²) < 4.78 is 40.3. The van der Waals surface area contributed by atoms with Crippen LogP contribution in [0.3, 0.4) is 0 Å². The molecule has 33 heavy (non-hydrogen) atoms. The number of hydrogen-bond acceptors (Lipinski definition) is 6. The molecule has 0 aliphatic carbocycles. The highest BCUT2D eigenvalue weighted by Gasteiger charge is 2.34. The number of benzene rings is 2. The van der Waals surface area contributed by atoms with Crippen molar-refractivity contribution in [3.8, 4) is 0 Å². The van der Waals surface area contributed by atoms with Crippen LogP contribution in [0, 0.1) is 0 Å². The lowest BCUT2D eigenvalue weighted by Gasteiger charge is -2.16. The predicted octanol–water partition coefficient (Wildman–Crippen LogP) is 4.86. The third-order valence-corrected chi connectivity index (χ3v) is 4.50. The van der Waals surface area contributed by atoms with Crippen LogP contribution >= 0.6 is 11.6 Å². The molecular formula is C21H16ClF3N6O2. The Bertz CT molecular complexity index is 1230. The number of amides is 2. The highest BCUT2D eigenvalue weighted by molar-refractivity contribution is 6.33. The maximum atomic E-state index is 13.4. The van der Waals surface area contributed by atoms with Crippen LogP contribution < -0.4 is 21.7 Å². The highest BCUT2D eigenvalue weighted by atomic mass is 35.5. The Morgan fingerprint density at radius 3 is 2.39 bits per heavy atom. The average molecular weight is 477 g/mol. The number of halogens is 4. The largest absolute Gasteiger partial charge is 0.418 e. The summed E-state index contributed by atoms with van der Waals surface area (Å²) in [5, 5.41) is 8.02. The van der Waals surface area contributed by atoms with E-state index < -0.39 is 29.2 Å². The summed E-state index contributed by atoms with van der Waals surface area (Å²) in [5.74, 6) is -1.53. The molecule has 0 spiro atoms. The Kier molecular flexibility index (Phi) is 6.83. The quantitative estimate of drug-likeness (QED) is 0.361. The van der Waals surface area contributed by atoms with E-state index in [9.17, 15) is 22.8 Å². The SMILES string of the molecule is C=CC(=O)Nc1ccccc1Nc1nc(Nc2cc(C(N)=O)ccc2C(F)(F)F)ncc1Cl. The number of nitrogens with one attached hydrogen (secondary N) is 3. The number of hydrogen-bond donors (Lipinski definition) is 4. The fraction of sp³-hybridized carbons (Fsp3) is 0.0476. The molecule has 12 heteroatoms. The first-order chi connectivity index (χ1) is 15.6. The molecule has 0 aliphatic heterocycles. The normalized spacial score (nSPS) is 10.9. The van der Waals surface area contributed by atoms with Crippen LogP contribution in [0.2, 0.25) is 5.02 Å². The van der Waals surface area contributed by atoms with Crippen molar-refractivity contribution in [3.63, 3.8) is 0 Å². The van der Waals surface area contributed by atoms with Crippen LogP contribution in [-0.2, 0) is 11.0 Å². The van der Waals surface area contributed by atoms with Gasteiger partial charge in [-0.1, -0.05) is 30.3 Å². The van der Waals surface area contributed by atoms with Crippen LogP contribution in [-0.4, -0.2) is 21.8 Å². The molecule has 1 heterocycles. The van der Waals surface area contributed by atoms with Crippen molar-refractivity contribution in [1.82, 2.24) is 9.97 Å². The van der Waals surface area contributed by atoms with Crippen molar-refractivity contribution in [2.45, 2.75) is 6.18 Å². The second kappa shape index (κ2) is 9.57. The summed E-state index contributed by atoms with van der Waals surface area (Å²) >= 11 is 6.15. The van der Waals surface area contributed by atoms with Crippen LogP contribution in [0.4, 0.5) is 42.0 Å². The molecule has 170 valence electrons. The molecular weight excluding hydrogens is 461 g/mol. The van der Waals surface area contributed by atoms with E-state index in [2.05, 4.69) is 32.5 Å². The monoisotopic (exact) mass is 476 g/mol. The van der Waals surface area contributed by atoms with Crippen molar-refractivity contribution >= 4 is 52.2 Å². The van der Waals surface area contributed by atoms with E-state index >= 15 is 0 Å². The molecule has 0 saturated heterocycles. The maximum absolute atomic E-state index is 13.4. The molecule has 0 saturated carbocycles. The number of aromatic nitrogens is 2. The Labute approximate surface area is 190 Å². The summed E-state index contributed by atoms with van der Waals surface area (Å²) in [6.07, 6.45) is -2.45. The number of alkyl halides is 3. The first-order valence-electron chi connectivity index (χ1n) is 9.18. The van der Waals surface area contributed by atoms with Gasteiger partial charge < -0.3 is 21.7 Å². The molecule has 5 N–H and O–H groups in total. The van der Waals surface area contributed by atoms with Crippen LogP contribution in [0.1, 0.15) is 15.9 Å². The molecule has 2 amide bonds. The predicted molar refractivity (Wildman–Crippen MR) is 119 cm³/mol. The molecule has 0 bridgehead atoms. The molecule has 3 aromatic rings. The van der Waals surface area contributed by atoms with Gasteiger partial charge in [-0.15, -0.1) is 0 Å². The standard InChI is InChI=1S/C21H16ClF3N6O2/c1-2-17(32)28-14-5-3-4-6-15(14)29-19-13(22)10-27-20(31-19)30-16-9-11(18(26)33)7-8-12(16)21(23,24)25/h2-10H,1H2,(H2,26,33)(H,28,32)(H2,27,29,30,31). The van der Waals surface area contributed by atoms with E-state index in [1.807, 2.05) is 0 Å². The summed E-state index contributed by atoms with van der Waals surface area (Å²) in [6, 6.07) is 9.27. The summed E-state index contributed by atoms with van der Waals surface area (Å²) in [6.45, 7) is 3.39. The number of nitrogens with zero attached hydrogens (tertiary/aromatic N) is 2. The number of rotatable bonds is 7. The zero-order valence-electron chi connectivity index (χ0n) is 16.7. The molecule has 3 rings (SSSR count). The van der Waals surface area contributed by atoms with Gasteiger partial charge in [-0.3, -0.25) is 9.59 Å². The van der Waals surface area contributed by atoms with Crippen LogP contribution in [0.5, 0.6) is 0 Å². The Balaban J connectivity index is 1.96. The number of nitrogens with two attached hydrogens (primary N) is 1. The zero-order chi connectivity index (χ0) is 24.2. The van der Waals surface area contributed by atoms with Gasteiger partial charge in [-0.2, -0.15) is 18.2 Å². The van der Waals surface area contributed by atoms with Gasteiger partial charge in [0, 0.05) is 5.56 Å². The van der Waals surface area contributed by atoms with Gasteiger partial charge >= 0.3 is 6.18 Å². The first kappa shape index (κ1) is 23.5. The Hall–Kier alpha value is -4.12.